The van der Waals surface area contributed by atoms with Gasteiger partial charge in [0, 0.05) is 5.69 Å². The summed E-state index contributed by atoms with van der Waals surface area (Å²) in [5.41, 5.74) is 2.77. The highest BCUT2D eigenvalue weighted by atomic mass is 35.5. The first-order valence-electron chi connectivity index (χ1n) is 8.54. The molecule has 1 amide bonds. The Bertz CT molecular complexity index is 876. The van der Waals surface area contributed by atoms with Gasteiger partial charge in [-0.05, 0) is 44.0 Å². The van der Waals surface area contributed by atoms with Crippen molar-refractivity contribution in [3.63, 3.8) is 0 Å². The summed E-state index contributed by atoms with van der Waals surface area (Å²) in [5.74, 6) is -0.295. The van der Waals surface area contributed by atoms with Crippen LogP contribution in [0.1, 0.15) is 28.4 Å². The lowest BCUT2D eigenvalue weighted by Crippen LogP contribution is -2.30. The Morgan fingerprint density at radius 2 is 1.81 bits per heavy atom. The first kappa shape index (κ1) is 19.0. The highest BCUT2D eigenvalue weighted by Crippen LogP contribution is 2.38. The van der Waals surface area contributed by atoms with E-state index in [1.807, 2.05) is 32.0 Å². The van der Waals surface area contributed by atoms with E-state index in [0.717, 1.165) is 11.1 Å². The molecule has 0 saturated heterocycles. The van der Waals surface area contributed by atoms with E-state index in [4.69, 9.17) is 25.8 Å². The second-order valence-corrected chi connectivity index (χ2v) is 6.69. The van der Waals surface area contributed by atoms with Gasteiger partial charge < -0.3 is 19.5 Å². The molecule has 0 aliphatic carbocycles. The van der Waals surface area contributed by atoms with Gasteiger partial charge in [0.15, 0.2) is 17.6 Å². The maximum Gasteiger partial charge on any atom is 0.339 e. The molecule has 2 aromatic rings. The van der Waals surface area contributed by atoms with Crippen molar-refractivity contribution in [2.24, 2.45) is 0 Å². The third-order valence-electron chi connectivity index (χ3n) is 4.21. The Labute approximate surface area is 162 Å². The second-order valence-electron chi connectivity index (χ2n) is 6.29. The lowest BCUT2D eigenvalue weighted by molar-refractivity contribution is -0.123. The molecule has 3 rings (SSSR count). The molecule has 1 N–H and O–H groups in total. The molecule has 142 valence electrons. The number of anilines is 1. The molecular formula is C20H20ClNO5. The summed E-state index contributed by atoms with van der Waals surface area (Å²) in [6.07, 6.45) is -0.983. The Morgan fingerprint density at radius 3 is 2.52 bits per heavy atom. The Balaban J connectivity index is 1.70. The molecule has 2 aromatic carbocycles. The molecule has 6 nitrogen and oxygen atoms in total. The second kappa shape index (κ2) is 7.88. The van der Waals surface area contributed by atoms with E-state index in [9.17, 15) is 9.59 Å². The lowest BCUT2D eigenvalue weighted by atomic mass is 10.1. The summed E-state index contributed by atoms with van der Waals surface area (Å²) in [4.78, 5) is 24.9. The average molecular weight is 390 g/mol. The van der Waals surface area contributed by atoms with Gasteiger partial charge in [0.1, 0.15) is 13.2 Å². The van der Waals surface area contributed by atoms with Crippen LogP contribution in [0.4, 0.5) is 5.69 Å². The third kappa shape index (κ3) is 4.17. The minimum atomic E-state index is -0.983. The van der Waals surface area contributed by atoms with Gasteiger partial charge >= 0.3 is 5.97 Å². The van der Waals surface area contributed by atoms with Crippen LogP contribution in [0.15, 0.2) is 30.3 Å². The van der Waals surface area contributed by atoms with Gasteiger partial charge in [0.2, 0.25) is 0 Å². The SMILES string of the molecule is Cc1cccc(C)c1NC(=O)[C@H](C)OC(=O)c1cc(Cl)c2c(c1)OCCO2. The number of rotatable bonds is 4. The predicted molar refractivity (Wildman–Crippen MR) is 102 cm³/mol. The predicted octanol–water partition coefficient (Wildman–Crippen LogP) is 3.91. The highest BCUT2D eigenvalue weighted by Gasteiger charge is 2.23. The number of halogens is 1. The zero-order valence-electron chi connectivity index (χ0n) is 15.3. The molecule has 27 heavy (non-hydrogen) atoms. The Kier molecular flexibility index (Phi) is 5.56. The molecule has 0 bridgehead atoms. The highest BCUT2D eigenvalue weighted by molar-refractivity contribution is 6.32. The van der Waals surface area contributed by atoms with E-state index in [-0.39, 0.29) is 10.6 Å². The van der Waals surface area contributed by atoms with Crippen LogP contribution in [0.2, 0.25) is 5.02 Å². The largest absolute Gasteiger partial charge is 0.486 e. The summed E-state index contributed by atoms with van der Waals surface area (Å²) >= 11 is 6.14. The van der Waals surface area contributed by atoms with Crippen LogP contribution in [0.25, 0.3) is 0 Å². The van der Waals surface area contributed by atoms with E-state index in [0.29, 0.717) is 30.4 Å². The molecule has 0 aromatic heterocycles. The number of carbonyl (C=O) groups excluding carboxylic acids is 2. The number of amides is 1. The van der Waals surface area contributed by atoms with E-state index >= 15 is 0 Å². The van der Waals surface area contributed by atoms with Crippen molar-refractivity contribution >= 4 is 29.2 Å². The van der Waals surface area contributed by atoms with Gasteiger partial charge in [-0.2, -0.15) is 0 Å². The first-order chi connectivity index (χ1) is 12.9. The summed E-state index contributed by atoms with van der Waals surface area (Å²) in [7, 11) is 0. The number of hydrogen-bond donors (Lipinski definition) is 1. The van der Waals surface area contributed by atoms with E-state index in [2.05, 4.69) is 5.32 Å². The first-order valence-corrected chi connectivity index (χ1v) is 8.92. The van der Waals surface area contributed by atoms with E-state index in [1.54, 1.807) is 0 Å². The van der Waals surface area contributed by atoms with Crippen LogP contribution >= 0.6 is 11.6 Å². The number of fused-ring (bicyclic) bond motifs is 1. The van der Waals surface area contributed by atoms with Crippen LogP contribution < -0.4 is 14.8 Å². The Hall–Kier alpha value is -2.73. The molecule has 0 unspecified atom stereocenters. The number of para-hydroxylation sites is 1. The third-order valence-corrected chi connectivity index (χ3v) is 4.50. The van der Waals surface area contributed by atoms with Crippen LogP contribution in [-0.4, -0.2) is 31.2 Å². The molecule has 0 fully saturated rings. The van der Waals surface area contributed by atoms with Crippen molar-refractivity contribution in [2.45, 2.75) is 26.9 Å². The fraction of sp³-hybridized carbons (Fsp3) is 0.300. The average Bonchev–Trinajstić information content (AvgIpc) is 2.64. The van der Waals surface area contributed by atoms with Gasteiger partial charge in [-0.25, -0.2) is 4.79 Å². The quantitative estimate of drug-likeness (QED) is 0.802. The molecule has 0 spiro atoms. The number of esters is 1. The minimum absolute atomic E-state index is 0.191. The summed E-state index contributed by atoms with van der Waals surface area (Å²) in [6, 6.07) is 8.65. The molecule has 1 atom stereocenters. The normalized spacial score (nSPS) is 13.6. The van der Waals surface area contributed by atoms with Gasteiger partial charge in [-0.15, -0.1) is 0 Å². The van der Waals surface area contributed by atoms with Crippen LogP contribution in [0.5, 0.6) is 11.5 Å². The topological polar surface area (TPSA) is 73.9 Å². The number of aryl methyl sites for hydroxylation is 2. The van der Waals surface area contributed by atoms with Gasteiger partial charge in [0.25, 0.3) is 5.91 Å². The lowest BCUT2D eigenvalue weighted by Gasteiger charge is -2.20. The van der Waals surface area contributed by atoms with Crippen molar-refractivity contribution in [3.05, 3.63) is 52.0 Å². The summed E-state index contributed by atoms with van der Waals surface area (Å²) in [6.45, 7) is 6.08. The maximum absolute atomic E-state index is 12.4. The standard InChI is InChI=1S/C20H20ClNO5/c1-11-5-4-6-12(2)17(11)22-19(23)13(3)27-20(24)14-9-15(21)18-16(10-14)25-7-8-26-18/h4-6,9-10,13H,7-8H2,1-3H3,(H,22,23)/t13-/m0/s1. The Morgan fingerprint density at radius 1 is 1.15 bits per heavy atom. The smallest absolute Gasteiger partial charge is 0.339 e. The minimum Gasteiger partial charge on any atom is -0.486 e. The number of benzene rings is 2. The molecule has 1 aliphatic heterocycles. The fourth-order valence-electron chi connectivity index (χ4n) is 2.75. The zero-order valence-corrected chi connectivity index (χ0v) is 16.1. The van der Waals surface area contributed by atoms with Crippen molar-refractivity contribution in [2.75, 3.05) is 18.5 Å². The number of carbonyl (C=O) groups is 2. The van der Waals surface area contributed by atoms with E-state index in [1.165, 1.54) is 19.1 Å². The van der Waals surface area contributed by atoms with E-state index < -0.39 is 18.0 Å². The number of hydrogen-bond acceptors (Lipinski definition) is 5. The van der Waals surface area contributed by atoms with Gasteiger partial charge in [-0.3, -0.25) is 4.79 Å². The monoisotopic (exact) mass is 389 g/mol. The van der Waals surface area contributed by atoms with Crippen LogP contribution in [-0.2, 0) is 9.53 Å². The molecule has 1 aliphatic rings. The van der Waals surface area contributed by atoms with Crippen molar-refractivity contribution in [1.29, 1.82) is 0 Å². The molecule has 0 saturated carbocycles. The molecular weight excluding hydrogens is 370 g/mol. The van der Waals surface area contributed by atoms with Crippen molar-refractivity contribution in [1.82, 2.24) is 0 Å². The maximum atomic E-state index is 12.4. The van der Waals surface area contributed by atoms with Crippen molar-refractivity contribution in [3.8, 4) is 11.5 Å². The fourth-order valence-corrected chi connectivity index (χ4v) is 3.01. The van der Waals surface area contributed by atoms with Gasteiger partial charge in [0.05, 0.1) is 10.6 Å². The van der Waals surface area contributed by atoms with Gasteiger partial charge in [-0.1, -0.05) is 29.8 Å². The summed E-state index contributed by atoms with van der Waals surface area (Å²) < 4.78 is 16.2. The summed E-state index contributed by atoms with van der Waals surface area (Å²) in [5, 5.41) is 3.07. The molecule has 1 heterocycles. The van der Waals surface area contributed by atoms with Crippen LogP contribution in [0, 0.1) is 13.8 Å². The number of ether oxygens (including phenoxy) is 3. The van der Waals surface area contributed by atoms with Crippen LogP contribution in [0.3, 0.4) is 0 Å². The number of nitrogens with one attached hydrogen (secondary N) is 1. The molecule has 0 radical (unpaired) electrons. The molecule has 7 heteroatoms. The zero-order chi connectivity index (χ0) is 19.6. The van der Waals surface area contributed by atoms with Crippen molar-refractivity contribution < 1.29 is 23.8 Å².